The lowest BCUT2D eigenvalue weighted by molar-refractivity contribution is 0.00988. The highest BCUT2D eigenvalue weighted by Gasteiger charge is 2.29. The van der Waals surface area contributed by atoms with E-state index in [1.807, 2.05) is 68.1 Å². The maximum Gasteiger partial charge on any atom is 0.410 e. The van der Waals surface area contributed by atoms with E-state index in [9.17, 15) is 9.59 Å². The molecule has 1 fully saturated rings. The van der Waals surface area contributed by atoms with Crippen molar-refractivity contribution < 1.29 is 19.1 Å². The number of methoxy groups -OCH3 is 1. The van der Waals surface area contributed by atoms with Crippen molar-refractivity contribution >= 4 is 17.8 Å². The molecule has 0 aliphatic heterocycles. The number of hydrogen-bond acceptors (Lipinski definition) is 5. The molecule has 1 saturated carbocycles. The number of carbonyl (C=O) groups excluding carboxylic acids is 2. The van der Waals surface area contributed by atoms with E-state index in [2.05, 4.69) is 52.8 Å². The topological polar surface area (TPSA) is 84.0 Å². The number of urea groups is 1. The zero-order valence-electron chi connectivity index (χ0n) is 27.9. The van der Waals surface area contributed by atoms with Crippen molar-refractivity contribution in [2.45, 2.75) is 84.2 Å². The molecule has 3 aromatic carbocycles. The molecule has 246 valence electrons. The van der Waals surface area contributed by atoms with Crippen LogP contribution in [0.1, 0.15) is 69.6 Å². The smallest absolute Gasteiger partial charge is 0.410 e. The second-order valence-corrected chi connectivity index (χ2v) is 13.2. The third kappa shape index (κ3) is 9.82. The normalized spacial score (nSPS) is 13.4. The number of aromatic nitrogens is 1. The van der Waals surface area contributed by atoms with E-state index in [1.165, 1.54) is 6.42 Å². The number of amides is 3. The van der Waals surface area contributed by atoms with Gasteiger partial charge in [0.25, 0.3) is 0 Å². The molecule has 4 aromatic rings. The summed E-state index contributed by atoms with van der Waals surface area (Å²) in [6, 6.07) is 27.8. The molecular weight excluding hydrogens is 588 g/mol. The van der Waals surface area contributed by atoms with Gasteiger partial charge in [-0.25, -0.2) is 9.59 Å². The number of nitrogens with zero attached hydrogens (tertiary/aromatic N) is 3. The summed E-state index contributed by atoms with van der Waals surface area (Å²) in [5.41, 5.74) is 5.31. The first kappa shape index (κ1) is 33.5. The molecule has 1 aliphatic carbocycles. The Bertz CT molecular complexity index is 1600. The second kappa shape index (κ2) is 15.6. The lowest BCUT2D eigenvalue weighted by Gasteiger charge is -2.35. The summed E-state index contributed by atoms with van der Waals surface area (Å²) in [5, 5.41) is 3.01. The van der Waals surface area contributed by atoms with Gasteiger partial charge in [0.05, 0.1) is 7.11 Å². The fourth-order valence-electron chi connectivity index (χ4n) is 5.91. The summed E-state index contributed by atoms with van der Waals surface area (Å²) in [6.07, 6.45) is 8.78. The van der Waals surface area contributed by atoms with E-state index < -0.39 is 5.60 Å². The number of anilines is 1. The van der Waals surface area contributed by atoms with Crippen molar-refractivity contribution in [2.75, 3.05) is 12.4 Å². The summed E-state index contributed by atoms with van der Waals surface area (Å²) in [6.45, 7) is 7.09. The van der Waals surface area contributed by atoms with Gasteiger partial charge in [-0.15, -0.1) is 0 Å². The molecule has 5 rings (SSSR count). The van der Waals surface area contributed by atoms with Crippen LogP contribution in [0.15, 0.2) is 97.3 Å². The highest BCUT2D eigenvalue weighted by molar-refractivity contribution is 5.89. The number of rotatable bonds is 10. The zero-order valence-corrected chi connectivity index (χ0v) is 27.9. The van der Waals surface area contributed by atoms with Gasteiger partial charge in [-0.2, -0.15) is 0 Å². The van der Waals surface area contributed by atoms with Gasteiger partial charge in [0.15, 0.2) is 0 Å². The minimum Gasteiger partial charge on any atom is -0.497 e. The number of benzene rings is 3. The van der Waals surface area contributed by atoms with Crippen LogP contribution in [0.4, 0.5) is 15.3 Å². The summed E-state index contributed by atoms with van der Waals surface area (Å²) in [7, 11) is 1.61. The first-order chi connectivity index (χ1) is 22.7. The van der Waals surface area contributed by atoms with Crippen LogP contribution in [0.5, 0.6) is 5.75 Å². The van der Waals surface area contributed by atoms with E-state index in [0.29, 0.717) is 25.3 Å². The summed E-state index contributed by atoms with van der Waals surface area (Å²) in [4.78, 5) is 34.7. The monoisotopic (exact) mass is 634 g/mol. The molecule has 1 aromatic heterocycles. The summed E-state index contributed by atoms with van der Waals surface area (Å²) >= 11 is 0. The van der Waals surface area contributed by atoms with Crippen LogP contribution in [-0.2, 0) is 24.4 Å². The Morgan fingerprint density at radius 2 is 1.51 bits per heavy atom. The summed E-state index contributed by atoms with van der Waals surface area (Å²) in [5.74, 6) is 0.727. The zero-order chi connectivity index (χ0) is 33.2. The molecule has 47 heavy (non-hydrogen) atoms. The quantitative estimate of drug-likeness (QED) is 0.188. The molecule has 1 N–H and O–H groups in total. The number of carbonyl (C=O) groups is 2. The molecule has 0 saturated heterocycles. The van der Waals surface area contributed by atoms with Gasteiger partial charge in [-0.1, -0.05) is 67.8 Å². The van der Waals surface area contributed by atoms with Crippen LogP contribution < -0.4 is 10.1 Å². The van der Waals surface area contributed by atoms with Crippen molar-refractivity contribution in [3.05, 3.63) is 114 Å². The van der Waals surface area contributed by atoms with Crippen LogP contribution in [0.25, 0.3) is 11.1 Å². The number of pyridine rings is 1. The Hall–Kier alpha value is -4.85. The van der Waals surface area contributed by atoms with Gasteiger partial charge in [-0.05, 0) is 97.8 Å². The van der Waals surface area contributed by atoms with E-state index in [0.717, 1.165) is 59.3 Å². The average molecular weight is 635 g/mol. The molecule has 1 heterocycles. The average Bonchev–Trinajstić information content (AvgIpc) is 3.08. The Balaban J connectivity index is 1.30. The molecule has 3 amide bonds. The summed E-state index contributed by atoms with van der Waals surface area (Å²) < 4.78 is 11.1. The molecule has 1 aliphatic rings. The molecule has 0 atom stereocenters. The standard InChI is InChI=1S/C39H46N4O4/c1-39(2,3)47-38(45)43(35-13-6-5-7-14-35)28-30-10-8-12-33(24-30)32-17-15-29(16-18-32)26-42(27-31-11-9-23-40-25-31)37(44)41-34-19-21-36(46-4)22-20-34/h8-12,15-25,35H,5-7,13-14,26-28H2,1-4H3,(H,41,44). The SMILES string of the molecule is COc1ccc(NC(=O)N(Cc2ccc(-c3cccc(CN(C(=O)OC(C)(C)C)C4CCCCC4)c3)cc2)Cc2cccnc2)cc1. The third-order valence-corrected chi connectivity index (χ3v) is 8.31. The van der Waals surface area contributed by atoms with E-state index >= 15 is 0 Å². The van der Waals surface area contributed by atoms with Crippen molar-refractivity contribution in [3.8, 4) is 16.9 Å². The Morgan fingerprint density at radius 3 is 2.17 bits per heavy atom. The van der Waals surface area contributed by atoms with Crippen molar-refractivity contribution in [3.63, 3.8) is 0 Å². The number of hydrogen-bond donors (Lipinski definition) is 1. The van der Waals surface area contributed by atoms with Gasteiger partial charge in [0, 0.05) is 43.8 Å². The van der Waals surface area contributed by atoms with Crippen molar-refractivity contribution in [1.29, 1.82) is 0 Å². The number of ether oxygens (including phenoxy) is 2. The predicted molar refractivity (Wildman–Crippen MR) is 186 cm³/mol. The largest absolute Gasteiger partial charge is 0.497 e. The lowest BCUT2D eigenvalue weighted by Crippen LogP contribution is -2.43. The lowest BCUT2D eigenvalue weighted by atomic mass is 9.94. The maximum absolute atomic E-state index is 13.5. The first-order valence-electron chi connectivity index (χ1n) is 16.4. The van der Waals surface area contributed by atoms with Crippen LogP contribution in [0.2, 0.25) is 0 Å². The Kier molecular flexibility index (Phi) is 11.1. The molecule has 0 unspecified atom stereocenters. The first-order valence-corrected chi connectivity index (χ1v) is 16.4. The number of nitrogens with one attached hydrogen (secondary N) is 1. The molecule has 8 nitrogen and oxygen atoms in total. The minimum absolute atomic E-state index is 0.193. The molecular formula is C39H46N4O4. The minimum atomic E-state index is -0.544. The van der Waals surface area contributed by atoms with Crippen LogP contribution >= 0.6 is 0 Å². The van der Waals surface area contributed by atoms with Gasteiger partial charge < -0.3 is 24.6 Å². The van der Waals surface area contributed by atoms with Gasteiger partial charge in [0.1, 0.15) is 11.4 Å². The Morgan fingerprint density at radius 1 is 0.809 bits per heavy atom. The maximum atomic E-state index is 13.5. The van der Waals surface area contributed by atoms with Crippen molar-refractivity contribution in [1.82, 2.24) is 14.8 Å². The van der Waals surface area contributed by atoms with Crippen LogP contribution in [0.3, 0.4) is 0 Å². The predicted octanol–water partition coefficient (Wildman–Crippen LogP) is 9.06. The molecule has 8 heteroatoms. The van der Waals surface area contributed by atoms with E-state index in [1.54, 1.807) is 24.4 Å². The third-order valence-electron chi connectivity index (χ3n) is 8.31. The van der Waals surface area contributed by atoms with Gasteiger partial charge in [0.2, 0.25) is 0 Å². The van der Waals surface area contributed by atoms with Gasteiger partial charge >= 0.3 is 12.1 Å². The van der Waals surface area contributed by atoms with Crippen molar-refractivity contribution in [2.24, 2.45) is 0 Å². The van der Waals surface area contributed by atoms with Gasteiger partial charge in [-0.3, -0.25) is 4.98 Å². The fraction of sp³-hybridized carbons (Fsp3) is 0.359. The van der Waals surface area contributed by atoms with E-state index in [-0.39, 0.29) is 18.2 Å². The fourth-order valence-corrected chi connectivity index (χ4v) is 5.91. The highest BCUT2D eigenvalue weighted by Crippen LogP contribution is 2.28. The second-order valence-electron chi connectivity index (χ2n) is 13.2. The van der Waals surface area contributed by atoms with E-state index in [4.69, 9.17) is 9.47 Å². The molecule has 0 bridgehead atoms. The van der Waals surface area contributed by atoms with Crippen LogP contribution in [0, 0.1) is 0 Å². The molecule has 0 radical (unpaired) electrons. The van der Waals surface area contributed by atoms with Crippen LogP contribution in [-0.4, -0.2) is 45.7 Å². The highest BCUT2D eigenvalue weighted by atomic mass is 16.6. The Labute approximate surface area is 278 Å². The molecule has 0 spiro atoms.